The minimum absolute atomic E-state index is 0.0938. The zero-order valence-electron chi connectivity index (χ0n) is 10.2. The highest BCUT2D eigenvalue weighted by Crippen LogP contribution is 2.60. The molecule has 1 aromatic heterocycles. The first-order valence-electron chi connectivity index (χ1n) is 5.41. The Balaban J connectivity index is 3.24. The molecule has 0 fully saturated rings. The topological polar surface area (TPSA) is 86.0 Å². The van der Waals surface area contributed by atoms with Crippen molar-refractivity contribution in [2.45, 2.75) is 13.8 Å². The highest BCUT2D eigenvalue weighted by atomic mass is 31.2. The SMILES string of the molecule is CCOP(=O)(OCC)C(=CC(=O)O)c1ccco1. The maximum Gasteiger partial charge on any atom is 0.365 e. The van der Waals surface area contributed by atoms with E-state index in [4.69, 9.17) is 18.6 Å². The van der Waals surface area contributed by atoms with E-state index in [2.05, 4.69) is 0 Å². The van der Waals surface area contributed by atoms with Crippen molar-refractivity contribution < 1.29 is 27.9 Å². The highest BCUT2D eigenvalue weighted by molar-refractivity contribution is 7.65. The predicted molar refractivity (Wildman–Crippen MR) is 65.2 cm³/mol. The maximum absolute atomic E-state index is 12.5. The van der Waals surface area contributed by atoms with Gasteiger partial charge in [-0.05, 0) is 26.0 Å². The molecule has 0 saturated heterocycles. The molecule has 18 heavy (non-hydrogen) atoms. The van der Waals surface area contributed by atoms with Gasteiger partial charge in [-0.25, -0.2) is 4.79 Å². The molecule has 0 aliphatic rings. The fourth-order valence-electron chi connectivity index (χ4n) is 1.34. The van der Waals surface area contributed by atoms with Crippen LogP contribution in [-0.4, -0.2) is 24.3 Å². The second-order valence-electron chi connectivity index (χ2n) is 3.18. The summed E-state index contributed by atoms with van der Waals surface area (Å²) in [5.74, 6) is -1.09. The van der Waals surface area contributed by atoms with Crippen molar-refractivity contribution in [2.75, 3.05) is 13.2 Å². The quantitative estimate of drug-likeness (QED) is 0.607. The summed E-state index contributed by atoms with van der Waals surface area (Å²) < 4.78 is 27.8. The first-order chi connectivity index (χ1) is 8.53. The van der Waals surface area contributed by atoms with Crippen molar-refractivity contribution in [1.82, 2.24) is 0 Å². The molecule has 0 atom stereocenters. The second-order valence-corrected chi connectivity index (χ2v) is 5.17. The van der Waals surface area contributed by atoms with Gasteiger partial charge in [-0.1, -0.05) is 0 Å². The lowest BCUT2D eigenvalue weighted by Gasteiger charge is -2.18. The van der Waals surface area contributed by atoms with Crippen molar-refractivity contribution >= 4 is 18.9 Å². The summed E-state index contributed by atoms with van der Waals surface area (Å²) in [6.45, 7) is 3.56. The molecule has 0 aliphatic carbocycles. The molecule has 1 aromatic rings. The van der Waals surface area contributed by atoms with Crippen LogP contribution in [-0.2, 0) is 18.4 Å². The molecule has 0 unspecified atom stereocenters. The van der Waals surface area contributed by atoms with Gasteiger partial charge in [0.2, 0.25) is 0 Å². The van der Waals surface area contributed by atoms with E-state index in [9.17, 15) is 9.36 Å². The van der Waals surface area contributed by atoms with E-state index in [1.165, 1.54) is 12.3 Å². The van der Waals surface area contributed by atoms with Crippen LogP contribution in [0.25, 0.3) is 5.31 Å². The van der Waals surface area contributed by atoms with Crippen molar-refractivity contribution in [1.29, 1.82) is 0 Å². The van der Waals surface area contributed by atoms with Crippen molar-refractivity contribution in [3.63, 3.8) is 0 Å². The number of rotatable bonds is 7. The molecule has 1 rings (SSSR count). The fourth-order valence-corrected chi connectivity index (χ4v) is 3.04. The Bertz CT molecular complexity index is 452. The summed E-state index contributed by atoms with van der Waals surface area (Å²) in [6, 6.07) is 3.06. The van der Waals surface area contributed by atoms with Gasteiger partial charge in [0.15, 0.2) is 0 Å². The van der Waals surface area contributed by atoms with Gasteiger partial charge in [0.1, 0.15) is 11.1 Å². The molecule has 0 aromatic carbocycles. The average Bonchev–Trinajstić information content (AvgIpc) is 2.79. The number of carboxylic acid groups (broad SMARTS) is 1. The molecule has 100 valence electrons. The summed E-state index contributed by atoms with van der Waals surface area (Å²) in [7, 11) is -3.69. The summed E-state index contributed by atoms with van der Waals surface area (Å²) in [6.07, 6.45) is 2.14. The standard InChI is InChI=1S/C11H15O6P/c1-3-16-18(14,17-4-2)10(8-11(12)13)9-6-5-7-15-9/h5-8H,3-4H2,1-2H3,(H,12,13). The molecular formula is C11H15O6P. The first kappa shape index (κ1) is 14.7. The Labute approximate surface area is 105 Å². The van der Waals surface area contributed by atoms with Crippen LogP contribution in [0.5, 0.6) is 0 Å². The Hall–Kier alpha value is -1.36. The second kappa shape index (κ2) is 6.54. The zero-order chi connectivity index (χ0) is 13.6. The molecule has 0 spiro atoms. The van der Waals surface area contributed by atoms with Gasteiger partial charge < -0.3 is 18.6 Å². The van der Waals surface area contributed by atoms with E-state index in [0.717, 1.165) is 6.08 Å². The third-order valence-electron chi connectivity index (χ3n) is 1.93. The van der Waals surface area contributed by atoms with Gasteiger partial charge in [-0.15, -0.1) is 0 Å². The molecule has 0 amide bonds. The number of hydrogen-bond donors (Lipinski definition) is 1. The summed E-state index contributed by atoms with van der Waals surface area (Å²) in [4.78, 5) is 10.8. The third-order valence-corrected chi connectivity index (χ3v) is 4.06. The number of carbonyl (C=O) groups is 1. The summed E-state index contributed by atoms with van der Waals surface area (Å²) in [5.41, 5.74) is 0. The van der Waals surface area contributed by atoms with Crippen LogP contribution in [0.15, 0.2) is 28.9 Å². The molecule has 1 heterocycles. The molecule has 1 N–H and O–H groups in total. The van der Waals surface area contributed by atoms with Gasteiger partial charge in [0.05, 0.1) is 19.5 Å². The van der Waals surface area contributed by atoms with Crippen LogP contribution in [0.2, 0.25) is 0 Å². The lowest BCUT2D eigenvalue weighted by molar-refractivity contribution is -0.131. The monoisotopic (exact) mass is 274 g/mol. The van der Waals surface area contributed by atoms with Crippen molar-refractivity contribution in [3.05, 3.63) is 30.2 Å². The zero-order valence-corrected chi connectivity index (χ0v) is 11.1. The van der Waals surface area contributed by atoms with Crippen molar-refractivity contribution in [2.24, 2.45) is 0 Å². The Morgan fingerprint density at radius 1 is 1.44 bits per heavy atom. The van der Waals surface area contributed by atoms with Crippen LogP contribution >= 0.6 is 7.60 Å². The van der Waals surface area contributed by atoms with Crippen LogP contribution in [0.1, 0.15) is 19.6 Å². The van der Waals surface area contributed by atoms with E-state index in [1.54, 1.807) is 19.9 Å². The maximum atomic E-state index is 12.5. The normalized spacial score (nSPS) is 12.7. The van der Waals surface area contributed by atoms with Crippen LogP contribution in [0.4, 0.5) is 0 Å². The number of hydrogen-bond acceptors (Lipinski definition) is 5. The first-order valence-corrected chi connectivity index (χ1v) is 6.96. The molecule has 7 heteroatoms. The Kier molecular flexibility index (Phi) is 5.34. The van der Waals surface area contributed by atoms with Gasteiger partial charge >= 0.3 is 13.6 Å². The smallest absolute Gasteiger partial charge is 0.365 e. The Morgan fingerprint density at radius 3 is 2.44 bits per heavy atom. The van der Waals surface area contributed by atoms with Crippen molar-refractivity contribution in [3.8, 4) is 0 Å². The lowest BCUT2D eigenvalue weighted by Crippen LogP contribution is -2.00. The molecule has 6 nitrogen and oxygen atoms in total. The highest BCUT2D eigenvalue weighted by Gasteiger charge is 2.33. The van der Waals surface area contributed by atoms with Crippen LogP contribution < -0.4 is 0 Å². The average molecular weight is 274 g/mol. The molecule has 0 radical (unpaired) electrons. The van der Waals surface area contributed by atoms with Gasteiger partial charge in [0.25, 0.3) is 0 Å². The minimum atomic E-state index is -3.69. The number of aliphatic carboxylic acids is 1. The Morgan fingerprint density at radius 2 is 2.06 bits per heavy atom. The summed E-state index contributed by atoms with van der Waals surface area (Å²) >= 11 is 0. The number of furan rings is 1. The summed E-state index contributed by atoms with van der Waals surface area (Å²) in [5, 5.41) is 8.74. The molecule has 0 saturated carbocycles. The van der Waals surface area contributed by atoms with E-state index < -0.39 is 13.6 Å². The third kappa shape index (κ3) is 3.57. The van der Waals surface area contributed by atoms with Crippen LogP contribution in [0.3, 0.4) is 0 Å². The minimum Gasteiger partial charge on any atom is -0.478 e. The molecule has 0 bridgehead atoms. The van der Waals surface area contributed by atoms with E-state index in [1.807, 2.05) is 0 Å². The largest absolute Gasteiger partial charge is 0.478 e. The lowest BCUT2D eigenvalue weighted by atomic mass is 10.4. The van der Waals surface area contributed by atoms with E-state index in [0.29, 0.717) is 0 Å². The molecular weight excluding hydrogens is 259 g/mol. The van der Waals surface area contributed by atoms with Gasteiger partial charge in [0, 0.05) is 6.08 Å². The van der Waals surface area contributed by atoms with Gasteiger partial charge in [-0.2, -0.15) is 0 Å². The van der Waals surface area contributed by atoms with E-state index in [-0.39, 0.29) is 24.3 Å². The van der Waals surface area contributed by atoms with E-state index >= 15 is 0 Å². The van der Waals surface area contributed by atoms with Gasteiger partial charge in [-0.3, -0.25) is 4.57 Å². The van der Waals surface area contributed by atoms with Crippen LogP contribution in [0, 0.1) is 0 Å². The fraction of sp³-hybridized carbons (Fsp3) is 0.364. The number of carboxylic acids is 1. The molecule has 0 aliphatic heterocycles. The predicted octanol–water partition coefficient (Wildman–Crippen LogP) is 2.97.